The molecular weight excluding hydrogens is 358 g/mol. The number of aryl methyl sites for hydroxylation is 1. The Balaban J connectivity index is 1.61. The van der Waals surface area contributed by atoms with Crippen LogP contribution in [0.1, 0.15) is 44.6 Å². The minimum absolute atomic E-state index is 0.178. The number of esters is 1. The number of benzene rings is 1. The lowest BCUT2D eigenvalue weighted by Gasteiger charge is -2.33. The van der Waals surface area contributed by atoms with E-state index in [1.54, 1.807) is 17.0 Å². The number of fused-ring (bicyclic) bond motifs is 1. The summed E-state index contributed by atoms with van der Waals surface area (Å²) < 4.78 is 6.37. The summed E-state index contributed by atoms with van der Waals surface area (Å²) in [5, 5.41) is 0.459. The van der Waals surface area contributed by atoms with Crippen molar-refractivity contribution < 1.29 is 14.3 Å². The van der Waals surface area contributed by atoms with Gasteiger partial charge in [0.1, 0.15) is 6.54 Å². The maximum Gasteiger partial charge on any atom is 0.326 e. The third-order valence-electron chi connectivity index (χ3n) is 5.39. The molecule has 0 N–H and O–H groups in total. The van der Waals surface area contributed by atoms with E-state index in [0.29, 0.717) is 17.4 Å². The lowest BCUT2D eigenvalue weighted by molar-refractivity contribution is -0.153. The van der Waals surface area contributed by atoms with E-state index >= 15 is 0 Å². The Morgan fingerprint density at radius 3 is 2.71 bits per heavy atom. The van der Waals surface area contributed by atoms with Crippen molar-refractivity contribution in [2.24, 2.45) is 0 Å². The first kappa shape index (κ1) is 20.0. The fourth-order valence-electron chi connectivity index (χ4n) is 3.89. The minimum atomic E-state index is -0.621. The van der Waals surface area contributed by atoms with Crippen LogP contribution in [0, 0.1) is 6.92 Å². The maximum absolute atomic E-state index is 12.6. The Labute approximate surface area is 164 Å². The van der Waals surface area contributed by atoms with Gasteiger partial charge in [0.05, 0.1) is 17.2 Å². The van der Waals surface area contributed by atoms with Gasteiger partial charge in [-0.3, -0.25) is 19.0 Å². The first-order valence-corrected chi connectivity index (χ1v) is 9.91. The van der Waals surface area contributed by atoms with E-state index in [9.17, 15) is 14.4 Å². The highest BCUT2D eigenvalue weighted by Crippen LogP contribution is 2.22. The van der Waals surface area contributed by atoms with Gasteiger partial charge >= 0.3 is 5.97 Å². The monoisotopic (exact) mass is 385 g/mol. The maximum atomic E-state index is 12.6. The van der Waals surface area contributed by atoms with Crippen LogP contribution in [0.5, 0.6) is 0 Å². The number of ether oxygens (including phenoxy) is 1. The molecule has 3 rings (SSSR count). The molecule has 1 amide bonds. The van der Waals surface area contributed by atoms with E-state index in [4.69, 9.17) is 4.74 Å². The Morgan fingerprint density at radius 1 is 1.25 bits per heavy atom. The molecule has 7 heteroatoms. The number of rotatable bonds is 6. The second-order valence-electron chi connectivity index (χ2n) is 7.28. The molecule has 1 aromatic heterocycles. The summed E-state index contributed by atoms with van der Waals surface area (Å²) in [6.07, 6.45) is 6.83. The van der Waals surface area contributed by atoms with Crippen molar-refractivity contribution in [3.05, 3.63) is 40.4 Å². The Hall–Kier alpha value is -2.70. The van der Waals surface area contributed by atoms with Gasteiger partial charge < -0.3 is 9.64 Å². The number of likely N-dealkylation sites (N-methyl/N-ethyl adjacent to an activating group) is 1. The van der Waals surface area contributed by atoms with E-state index in [1.807, 2.05) is 19.9 Å². The molecule has 0 spiro atoms. The highest BCUT2D eigenvalue weighted by atomic mass is 16.5. The third-order valence-corrected chi connectivity index (χ3v) is 5.39. The lowest BCUT2D eigenvalue weighted by atomic mass is 9.94. The highest BCUT2D eigenvalue weighted by molar-refractivity contribution is 5.82. The largest absolute Gasteiger partial charge is 0.454 e. The molecule has 7 nitrogen and oxygen atoms in total. The third kappa shape index (κ3) is 4.40. The molecule has 0 bridgehead atoms. The summed E-state index contributed by atoms with van der Waals surface area (Å²) in [6.45, 7) is 3.87. The molecule has 2 aromatic rings. The fraction of sp³-hybridized carbons (Fsp3) is 0.524. The predicted molar refractivity (Wildman–Crippen MR) is 106 cm³/mol. The van der Waals surface area contributed by atoms with Crippen LogP contribution in [0.2, 0.25) is 0 Å². The van der Waals surface area contributed by atoms with Crippen LogP contribution in [0.15, 0.2) is 29.3 Å². The van der Waals surface area contributed by atoms with Gasteiger partial charge in [-0.25, -0.2) is 4.98 Å². The molecule has 1 aliphatic carbocycles. The number of amides is 1. The van der Waals surface area contributed by atoms with Gasteiger partial charge in [0.25, 0.3) is 11.5 Å². The molecule has 150 valence electrons. The van der Waals surface area contributed by atoms with Crippen LogP contribution in [-0.4, -0.2) is 45.5 Å². The topological polar surface area (TPSA) is 81.5 Å². The first-order valence-electron chi connectivity index (χ1n) is 9.91. The molecule has 1 fully saturated rings. The normalized spacial score (nSPS) is 14.8. The molecule has 1 aliphatic rings. The molecule has 0 radical (unpaired) electrons. The van der Waals surface area contributed by atoms with Crippen LogP contribution in [0.3, 0.4) is 0 Å². The van der Waals surface area contributed by atoms with E-state index in [-0.39, 0.29) is 30.7 Å². The van der Waals surface area contributed by atoms with Crippen LogP contribution in [0.25, 0.3) is 10.9 Å². The zero-order valence-electron chi connectivity index (χ0n) is 16.5. The van der Waals surface area contributed by atoms with E-state index < -0.39 is 5.97 Å². The quantitative estimate of drug-likeness (QED) is 0.714. The van der Waals surface area contributed by atoms with Gasteiger partial charge in [-0.2, -0.15) is 0 Å². The second-order valence-corrected chi connectivity index (χ2v) is 7.28. The van der Waals surface area contributed by atoms with Crippen molar-refractivity contribution in [1.82, 2.24) is 14.5 Å². The standard InChI is InChI=1S/C21H27N3O4/c1-3-24(16-9-5-4-6-10-16)18(25)13-28-19(26)12-23-14-22-20-15(2)8-7-11-17(20)21(23)27/h7-8,11,14,16H,3-6,9-10,12-13H2,1-2H3. The van der Waals surface area contributed by atoms with E-state index in [2.05, 4.69) is 4.98 Å². The number of nitrogens with zero attached hydrogens (tertiary/aromatic N) is 3. The average molecular weight is 385 g/mol. The van der Waals surface area contributed by atoms with Gasteiger partial charge in [-0.15, -0.1) is 0 Å². The molecule has 1 heterocycles. The summed E-state index contributed by atoms with van der Waals surface area (Å²) in [5.41, 5.74) is 1.23. The van der Waals surface area contributed by atoms with Crippen molar-refractivity contribution in [2.45, 2.75) is 58.5 Å². The molecule has 0 atom stereocenters. The predicted octanol–water partition coefficient (Wildman–Crippen LogP) is 2.43. The van der Waals surface area contributed by atoms with Crippen molar-refractivity contribution in [1.29, 1.82) is 0 Å². The molecule has 1 aromatic carbocycles. The summed E-state index contributed by atoms with van der Waals surface area (Å²) >= 11 is 0. The van der Waals surface area contributed by atoms with Crippen LogP contribution >= 0.6 is 0 Å². The Kier molecular flexibility index (Phi) is 6.44. The van der Waals surface area contributed by atoms with Gasteiger partial charge in [-0.1, -0.05) is 31.4 Å². The first-order chi connectivity index (χ1) is 13.5. The minimum Gasteiger partial charge on any atom is -0.454 e. The number of aromatic nitrogens is 2. The van der Waals surface area contributed by atoms with Crippen molar-refractivity contribution in [3.63, 3.8) is 0 Å². The SMILES string of the molecule is CCN(C(=O)COC(=O)Cn1cnc2c(C)cccc2c1=O)C1CCCCC1. The lowest BCUT2D eigenvalue weighted by Crippen LogP contribution is -2.43. The van der Waals surface area contributed by atoms with Crippen molar-refractivity contribution in [2.75, 3.05) is 13.2 Å². The molecule has 0 aliphatic heterocycles. The fourth-order valence-corrected chi connectivity index (χ4v) is 3.89. The summed E-state index contributed by atoms with van der Waals surface area (Å²) in [4.78, 5) is 43.3. The molecule has 1 saturated carbocycles. The average Bonchev–Trinajstić information content (AvgIpc) is 2.70. The van der Waals surface area contributed by atoms with Gasteiger partial charge in [0.2, 0.25) is 0 Å². The number of carbonyl (C=O) groups is 2. The number of para-hydroxylation sites is 1. The smallest absolute Gasteiger partial charge is 0.326 e. The van der Waals surface area contributed by atoms with Gasteiger partial charge in [0.15, 0.2) is 6.61 Å². The number of carbonyl (C=O) groups excluding carboxylic acids is 2. The van der Waals surface area contributed by atoms with Crippen LogP contribution < -0.4 is 5.56 Å². The van der Waals surface area contributed by atoms with Gasteiger partial charge in [0, 0.05) is 12.6 Å². The van der Waals surface area contributed by atoms with E-state index in [0.717, 1.165) is 31.2 Å². The summed E-state index contributed by atoms with van der Waals surface area (Å²) in [6, 6.07) is 5.59. The molecule has 28 heavy (non-hydrogen) atoms. The molecule has 0 unspecified atom stereocenters. The summed E-state index contributed by atoms with van der Waals surface area (Å²) in [7, 11) is 0. The van der Waals surface area contributed by atoms with Crippen LogP contribution in [0.4, 0.5) is 0 Å². The van der Waals surface area contributed by atoms with E-state index in [1.165, 1.54) is 17.3 Å². The van der Waals surface area contributed by atoms with Crippen molar-refractivity contribution in [3.8, 4) is 0 Å². The molecule has 0 saturated heterocycles. The van der Waals surface area contributed by atoms with Crippen molar-refractivity contribution >= 4 is 22.8 Å². The zero-order valence-corrected chi connectivity index (χ0v) is 16.5. The molecular formula is C21H27N3O4. The van der Waals surface area contributed by atoms with Gasteiger partial charge in [-0.05, 0) is 38.3 Å². The van der Waals surface area contributed by atoms with Crippen LogP contribution in [-0.2, 0) is 20.9 Å². The Bertz CT molecular complexity index is 915. The second kappa shape index (κ2) is 8.99. The number of hydrogen-bond donors (Lipinski definition) is 0. The number of hydrogen-bond acceptors (Lipinski definition) is 5. The summed E-state index contributed by atoms with van der Waals surface area (Å²) in [5.74, 6) is -0.800. The zero-order chi connectivity index (χ0) is 20.1. The highest BCUT2D eigenvalue weighted by Gasteiger charge is 2.24. The Morgan fingerprint density at radius 2 is 2.00 bits per heavy atom.